The molecule has 1 aromatic carbocycles. The third kappa shape index (κ3) is 5.86. The fourth-order valence-corrected chi connectivity index (χ4v) is 2.67. The molecule has 0 aliphatic heterocycles. The van der Waals surface area contributed by atoms with Gasteiger partial charge in [0.15, 0.2) is 5.75 Å². The number of hydrogen-bond donors (Lipinski definition) is 1. The van der Waals surface area contributed by atoms with Crippen molar-refractivity contribution in [1.29, 1.82) is 0 Å². The van der Waals surface area contributed by atoms with Crippen LogP contribution in [0.15, 0.2) is 47.7 Å². The SMILES string of the molecule is COC[C@H](C)Oc1cc(Oc2cnc(C(=O)N(C)C)nc2)cc(-c2nccc(=O)[nH]2)c1. The third-order valence-corrected chi connectivity index (χ3v) is 4.02. The lowest BCUT2D eigenvalue weighted by Crippen LogP contribution is -2.23. The lowest BCUT2D eigenvalue weighted by atomic mass is 10.2. The summed E-state index contributed by atoms with van der Waals surface area (Å²) in [5.41, 5.74) is 0.316. The molecule has 162 valence electrons. The zero-order chi connectivity index (χ0) is 22.4. The number of benzene rings is 1. The first-order valence-electron chi connectivity index (χ1n) is 9.43. The smallest absolute Gasteiger partial charge is 0.291 e. The number of carbonyl (C=O) groups is 1. The molecule has 2 heterocycles. The number of rotatable bonds is 8. The molecule has 3 rings (SSSR count). The molecule has 1 amide bonds. The summed E-state index contributed by atoms with van der Waals surface area (Å²) in [6.45, 7) is 2.27. The van der Waals surface area contributed by atoms with Crippen LogP contribution in [0.2, 0.25) is 0 Å². The van der Waals surface area contributed by atoms with E-state index >= 15 is 0 Å². The van der Waals surface area contributed by atoms with Crippen molar-refractivity contribution in [3.05, 3.63) is 59.0 Å². The van der Waals surface area contributed by atoms with Crippen LogP contribution in [0.4, 0.5) is 0 Å². The number of methoxy groups -OCH3 is 1. The van der Waals surface area contributed by atoms with E-state index in [0.717, 1.165) is 0 Å². The van der Waals surface area contributed by atoms with E-state index in [-0.39, 0.29) is 23.4 Å². The van der Waals surface area contributed by atoms with E-state index in [1.54, 1.807) is 39.4 Å². The van der Waals surface area contributed by atoms with Gasteiger partial charge in [-0.15, -0.1) is 0 Å². The molecular formula is C21H23N5O5. The van der Waals surface area contributed by atoms with E-state index in [0.29, 0.717) is 35.2 Å². The molecule has 1 atom stereocenters. The second kappa shape index (κ2) is 9.81. The summed E-state index contributed by atoms with van der Waals surface area (Å²) < 4.78 is 16.9. The molecule has 10 nitrogen and oxygen atoms in total. The van der Waals surface area contributed by atoms with Crippen molar-refractivity contribution in [2.75, 3.05) is 27.8 Å². The van der Waals surface area contributed by atoms with Crippen LogP contribution < -0.4 is 15.0 Å². The summed E-state index contributed by atoms with van der Waals surface area (Å²) in [5, 5.41) is 0. The Morgan fingerprint density at radius 2 is 1.81 bits per heavy atom. The Hall–Kier alpha value is -3.79. The number of amides is 1. The second-order valence-electron chi connectivity index (χ2n) is 6.90. The van der Waals surface area contributed by atoms with Crippen LogP contribution in [0.5, 0.6) is 17.2 Å². The van der Waals surface area contributed by atoms with Gasteiger partial charge in [0.05, 0.1) is 19.0 Å². The minimum absolute atomic E-state index is 0.0644. The van der Waals surface area contributed by atoms with Gasteiger partial charge in [-0.25, -0.2) is 15.0 Å². The van der Waals surface area contributed by atoms with Crippen LogP contribution in [0.25, 0.3) is 11.4 Å². The van der Waals surface area contributed by atoms with Crippen molar-refractivity contribution in [3.8, 4) is 28.6 Å². The van der Waals surface area contributed by atoms with Gasteiger partial charge in [0, 0.05) is 45.1 Å². The van der Waals surface area contributed by atoms with Crippen LogP contribution >= 0.6 is 0 Å². The number of aromatic nitrogens is 4. The van der Waals surface area contributed by atoms with Crippen molar-refractivity contribution in [2.24, 2.45) is 0 Å². The van der Waals surface area contributed by atoms with Gasteiger partial charge in [-0.05, 0) is 19.1 Å². The molecule has 10 heteroatoms. The van der Waals surface area contributed by atoms with E-state index in [4.69, 9.17) is 14.2 Å². The monoisotopic (exact) mass is 425 g/mol. The maximum Gasteiger partial charge on any atom is 0.291 e. The molecule has 0 saturated heterocycles. The molecule has 0 radical (unpaired) electrons. The molecule has 0 spiro atoms. The summed E-state index contributed by atoms with van der Waals surface area (Å²) in [4.78, 5) is 40.0. The van der Waals surface area contributed by atoms with E-state index < -0.39 is 0 Å². The van der Waals surface area contributed by atoms with E-state index in [1.165, 1.54) is 29.6 Å². The predicted molar refractivity (Wildman–Crippen MR) is 112 cm³/mol. The molecule has 3 aromatic rings. The first kappa shape index (κ1) is 21.9. The van der Waals surface area contributed by atoms with Crippen molar-refractivity contribution >= 4 is 5.91 Å². The fraction of sp³-hybridized carbons (Fsp3) is 0.286. The summed E-state index contributed by atoms with van der Waals surface area (Å²) in [6.07, 6.45) is 4.03. The van der Waals surface area contributed by atoms with Crippen molar-refractivity contribution < 1.29 is 19.0 Å². The van der Waals surface area contributed by atoms with Gasteiger partial charge in [0.2, 0.25) is 5.82 Å². The number of nitrogens with one attached hydrogen (secondary N) is 1. The largest absolute Gasteiger partial charge is 0.488 e. The fourth-order valence-electron chi connectivity index (χ4n) is 2.67. The molecule has 2 aromatic heterocycles. The van der Waals surface area contributed by atoms with Crippen molar-refractivity contribution in [3.63, 3.8) is 0 Å². The lowest BCUT2D eigenvalue weighted by Gasteiger charge is -2.16. The highest BCUT2D eigenvalue weighted by Crippen LogP contribution is 2.31. The van der Waals surface area contributed by atoms with Gasteiger partial charge in [-0.2, -0.15) is 0 Å². The Morgan fingerprint density at radius 3 is 2.45 bits per heavy atom. The number of aromatic amines is 1. The van der Waals surface area contributed by atoms with Gasteiger partial charge in [0.1, 0.15) is 23.4 Å². The normalized spacial score (nSPS) is 11.6. The topological polar surface area (TPSA) is 120 Å². The Balaban J connectivity index is 1.92. The minimum atomic E-state index is -0.310. The number of hydrogen-bond acceptors (Lipinski definition) is 8. The van der Waals surface area contributed by atoms with E-state index in [9.17, 15) is 9.59 Å². The van der Waals surface area contributed by atoms with Crippen LogP contribution in [-0.2, 0) is 4.74 Å². The van der Waals surface area contributed by atoms with Crippen LogP contribution in [-0.4, -0.2) is 64.7 Å². The van der Waals surface area contributed by atoms with Crippen molar-refractivity contribution in [1.82, 2.24) is 24.8 Å². The molecular weight excluding hydrogens is 402 g/mol. The molecule has 0 bridgehead atoms. The number of H-pyrrole nitrogens is 1. The molecule has 0 unspecified atom stereocenters. The summed E-state index contributed by atoms with van der Waals surface area (Å²) in [6, 6.07) is 6.46. The maximum absolute atomic E-state index is 11.9. The number of carbonyl (C=O) groups excluding carboxylic acids is 1. The van der Waals surface area contributed by atoms with Crippen molar-refractivity contribution in [2.45, 2.75) is 13.0 Å². The minimum Gasteiger partial charge on any atom is -0.488 e. The third-order valence-electron chi connectivity index (χ3n) is 4.02. The molecule has 0 fully saturated rings. The zero-order valence-corrected chi connectivity index (χ0v) is 17.7. The molecule has 0 aliphatic rings. The van der Waals surface area contributed by atoms with Crippen LogP contribution in [0.3, 0.4) is 0 Å². The first-order valence-corrected chi connectivity index (χ1v) is 9.43. The van der Waals surface area contributed by atoms with Gasteiger partial charge in [-0.1, -0.05) is 0 Å². The zero-order valence-electron chi connectivity index (χ0n) is 17.7. The molecule has 1 N–H and O–H groups in total. The highest BCUT2D eigenvalue weighted by atomic mass is 16.5. The lowest BCUT2D eigenvalue weighted by molar-refractivity contribution is 0.0815. The average Bonchev–Trinajstić information content (AvgIpc) is 2.73. The molecule has 0 aliphatic carbocycles. The van der Waals surface area contributed by atoms with Crippen LogP contribution in [0, 0.1) is 0 Å². The summed E-state index contributed by atoms with van der Waals surface area (Å²) >= 11 is 0. The van der Waals surface area contributed by atoms with Gasteiger partial charge in [-0.3, -0.25) is 9.59 Å². The van der Waals surface area contributed by atoms with E-state index in [2.05, 4.69) is 19.9 Å². The molecule has 0 saturated carbocycles. The average molecular weight is 425 g/mol. The maximum atomic E-state index is 11.9. The van der Waals surface area contributed by atoms with Gasteiger partial charge >= 0.3 is 0 Å². The Labute approximate surface area is 178 Å². The Morgan fingerprint density at radius 1 is 1.10 bits per heavy atom. The quantitative estimate of drug-likeness (QED) is 0.583. The summed E-state index contributed by atoms with van der Waals surface area (Å²) in [7, 11) is 4.83. The van der Waals surface area contributed by atoms with E-state index in [1.807, 2.05) is 6.92 Å². The highest BCUT2D eigenvalue weighted by molar-refractivity contribution is 5.89. The summed E-state index contributed by atoms with van der Waals surface area (Å²) in [5.74, 6) is 1.37. The predicted octanol–water partition coefficient (Wildman–Crippen LogP) is 2.13. The van der Waals surface area contributed by atoms with Gasteiger partial charge in [0.25, 0.3) is 11.5 Å². The highest BCUT2D eigenvalue weighted by Gasteiger charge is 2.13. The second-order valence-corrected chi connectivity index (χ2v) is 6.90. The first-order chi connectivity index (χ1) is 14.9. The van der Waals surface area contributed by atoms with Gasteiger partial charge < -0.3 is 24.1 Å². The Kier molecular flexibility index (Phi) is 6.93. The number of nitrogens with zero attached hydrogens (tertiary/aromatic N) is 4. The molecule has 31 heavy (non-hydrogen) atoms. The number of ether oxygens (including phenoxy) is 3. The Bertz CT molecular complexity index is 1100. The standard InChI is InChI=1S/C21H23N5O5/c1-13(12-29-4)30-15-7-14(19-22-6-5-18(27)25-19)8-16(9-15)31-17-10-23-20(24-11-17)21(28)26(2)3/h5-11,13H,12H2,1-4H3,(H,22,25,27)/t13-/m0/s1. The van der Waals surface area contributed by atoms with Crippen LogP contribution in [0.1, 0.15) is 17.5 Å².